The smallest absolute Gasteiger partial charge is 0.147 e. The molecule has 0 bridgehead atoms. The summed E-state index contributed by atoms with van der Waals surface area (Å²) in [6.07, 6.45) is 0. The predicted molar refractivity (Wildman–Crippen MR) is 32.7 cm³/mol. The minimum absolute atomic E-state index is 0. The van der Waals surface area contributed by atoms with Crippen LogP contribution >= 0.6 is 19.7 Å². The third-order valence-corrected chi connectivity index (χ3v) is 0. The Morgan fingerprint density at radius 2 is 1.00 bits per heavy atom. The standard InChI is InChI=1S/C2H9O3P.ClH/c1-6(2,3,4)5;/h3-5H,1-2H3;1H. The second kappa shape index (κ2) is 1.84. The maximum atomic E-state index is 8.23. The molecule has 0 saturated carbocycles. The molecule has 0 aromatic carbocycles. The topological polar surface area (TPSA) is 60.7 Å². The molecule has 48 valence electrons. The molecule has 0 aliphatic carbocycles. The molecule has 0 aromatic heterocycles. The van der Waals surface area contributed by atoms with E-state index in [1.807, 2.05) is 0 Å². The van der Waals surface area contributed by atoms with E-state index in [1.54, 1.807) is 0 Å². The third-order valence-electron chi connectivity index (χ3n) is 0. The molecule has 0 spiro atoms. The van der Waals surface area contributed by atoms with Crippen LogP contribution in [0.15, 0.2) is 0 Å². The van der Waals surface area contributed by atoms with E-state index in [0.717, 1.165) is 13.3 Å². The largest absolute Gasteiger partial charge is 0.147 e. The summed E-state index contributed by atoms with van der Waals surface area (Å²) in [4.78, 5) is 24.7. The monoisotopic (exact) mass is 148 g/mol. The van der Waals surface area contributed by atoms with Crippen LogP contribution in [-0.2, 0) is 0 Å². The molecule has 0 radical (unpaired) electrons. The Balaban J connectivity index is 0. The Bertz CT molecular complexity index is 46.1. The molecular formula is C2H10ClO3P. The molecule has 0 saturated heterocycles. The first kappa shape index (κ1) is 10.6. The van der Waals surface area contributed by atoms with Gasteiger partial charge in [-0.05, 0) is 0 Å². The molecule has 0 aliphatic rings. The van der Waals surface area contributed by atoms with E-state index in [9.17, 15) is 0 Å². The Morgan fingerprint density at radius 3 is 1.00 bits per heavy atom. The maximum absolute atomic E-state index is 8.23. The fraction of sp³-hybridized carbons (Fsp3) is 1.00. The fourth-order valence-corrected chi connectivity index (χ4v) is 0. The summed E-state index contributed by atoms with van der Waals surface area (Å²) in [7, 11) is -4.05. The van der Waals surface area contributed by atoms with Gasteiger partial charge in [0.05, 0.1) is 0 Å². The van der Waals surface area contributed by atoms with Crippen LogP contribution in [0.4, 0.5) is 0 Å². The number of halogens is 1. The van der Waals surface area contributed by atoms with Gasteiger partial charge in [0.2, 0.25) is 0 Å². The van der Waals surface area contributed by atoms with Gasteiger partial charge in [-0.2, -0.15) is 0 Å². The van der Waals surface area contributed by atoms with Gasteiger partial charge in [-0.1, -0.05) is 0 Å². The van der Waals surface area contributed by atoms with Crippen molar-refractivity contribution in [2.45, 2.75) is 0 Å². The molecule has 0 aromatic rings. The zero-order chi connectivity index (χ0) is 5.45. The zero-order valence-electron chi connectivity index (χ0n) is 4.20. The molecule has 5 heteroatoms. The van der Waals surface area contributed by atoms with Gasteiger partial charge in [0, 0.05) is 0 Å². The van der Waals surface area contributed by atoms with E-state index in [-0.39, 0.29) is 12.4 Å². The molecule has 3 nitrogen and oxygen atoms in total. The molecule has 0 aliphatic heterocycles. The quantitative estimate of drug-likeness (QED) is 0.422. The normalized spacial score (nSPS) is 16.4. The van der Waals surface area contributed by atoms with Gasteiger partial charge < -0.3 is 0 Å². The van der Waals surface area contributed by atoms with E-state index < -0.39 is 7.28 Å². The van der Waals surface area contributed by atoms with Gasteiger partial charge in [0.15, 0.2) is 0 Å². The van der Waals surface area contributed by atoms with Crippen LogP contribution < -0.4 is 0 Å². The van der Waals surface area contributed by atoms with E-state index in [1.165, 1.54) is 0 Å². The Morgan fingerprint density at radius 1 is 1.00 bits per heavy atom. The summed E-state index contributed by atoms with van der Waals surface area (Å²) in [5.74, 6) is 0. The van der Waals surface area contributed by atoms with Crippen molar-refractivity contribution >= 4 is 19.7 Å². The van der Waals surface area contributed by atoms with Crippen molar-refractivity contribution in [3.63, 3.8) is 0 Å². The summed E-state index contributed by atoms with van der Waals surface area (Å²) in [5, 5.41) is 0. The van der Waals surface area contributed by atoms with Crippen LogP contribution in [0.2, 0.25) is 0 Å². The van der Waals surface area contributed by atoms with Crippen molar-refractivity contribution in [3.05, 3.63) is 0 Å². The number of hydrogen-bond donors (Lipinski definition) is 3. The van der Waals surface area contributed by atoms with Crippen LogP contribution in [0.1, 0.15) is 0 Å². The Hall–Kier alpha value is 0.600. The molecule has 0 atom stereocenters. The minimum atomic E-state index is -4.05. The van der Waals surface area contributed by atoms with Gasteiger partial charge in [-0.3, -0.25) is 0 Å². The zero-order valence-corrected chi connectivity index (χ0v) is 5.91. The first-order valence-electron chi connectivity index (χ1n) is 1.49. The first-order valence-corrected chi connectivity index (χ1v) is 4.48. The summed E-state index contributed by atoms with van der Waals surface area (Å²) < 4.78 is 0. The molecule has 0 fully saturated rings. The number of rotatable bonds is 0. The molecular weight excluding hydrogens is 138 g/mol. The van der Waals surface area contributed by atoms with E-state index in [2.05, 4.69) is 0 Å². The van der Waals surface area contributed by atoms with Crippen molar-refractivity contribution in [3.8, 4) is 0 Å². The van der Waals surface area contributed by atoms with Crippen LogP contribution in [0, 0.1) is 0 Å². The molecule has 0 heterocycles. The van der Waals surface area contributed by atoms with Gasteiger partial charge in [0.1, 0.15) is 0 Å². The molecule has 0 rings (SSSR count). The maximum Gasteiger partial charge on any atom is -0.147 e. The fourth-order valence-electron chi connectivity index (χ4n) is 0. The molecule has 3 N–H and O–H groups in total. The predicted octanol–water partition coefficient (Wildman–Crippen LogP) is -0.0570. The van der Waals surface area contributed by atoms with Crippen molar-refractivity contribution in [1.29, 1.82) is 0 Å². The Kier molecular flexibility index (Phi) is 2.78. The van der Waals surface area contributed by atoms with E-state index >= 15 is 0 Å². The average Bonchev–Trinajstić information content (AvgIpc) is 0.650. The van der Waals surface area contributed by atoms with E-state index in [4.69, 9.17) is 14.7 Å². The molecule has 0 unspecified atom stereocenters. The second-order valence-corrected chi connectivity index (χ2v) is 5.75. The van der Waals surface area contributed by atoms with Crippen LogP contribution in [0.5, 0.6) is 0 Å². The second-order valence-electron chi connectivity index (χ2n) is 1.92. The van der Waals surface area contributed by atoms with E-state index in [0.29, 0.717) is 0 Å². The SMILES string of the molecule is CP(C)(O)(O)O.Cl. The summed E-state index contributed by atoms with van der Waals surface area (Å²) in [6.45, 7) is 2.01. The van der Waals surface area contributed by atoms with Crippen molar-refractivity contribution < 1.29 is 14.7 Å². The first-order chi connectivity index (χ1) is 2.24. The number of hydrogen-bond acceptors (Lipinski definition) is 3. The van der Waals surface area contributed by atoms with Crippen molar-refractivity contribution in [1.82, 2.24) is 0 Å². The molecule has 0 amide bonds. The summed E-state index contributed by atoms with van der Waals surface area (Å²) in [6, 6.07) is 0. The van der Waals surface area contributed by atoms with Crippen molar-refractivity contribution in [2.24, 2.45) is 0 Å². The van der Waals surface area contributed by atoms with Crippen LogP contribution in [0.3, 0.4) is 0 Å². The summed E-state index contributed by atoms with van der Waals surface area (Å²) >= 11 is 0. The van der Waals surface area contributed by atoms with Crippen molar-refractivity contribution in [2.75, 3.05) is 13.3 Å². The average molecular weight is 149 g/mol. The molecule has 7 heavy (non-hydrogen) atoms. The summed E-state index contributed by atoms with van der Waals surface area (Å²) in [5.41, 5.74) is 0. The van der Waals surface area contributed by atoms with Gasteiger partial charge in [-0.15, -0.1) is 12.4 Å². The van der Waals surface area contributed by atoms with Gasteiger partial charge in [0.25, 0.3) is 0 Å². The van der Waals surface area contributed by atoms with Gasteiger partial charge in [-0.25, -0.2) is 0 Å². The minimum Gasteiger partial charge on any atom is -0.147 e. The van der Waals surface area contributed by atoms with Crippen LogP contribution in [-0.4, -0.2) is 28.0 Å². The Labute approximate surface area is 48.6 Å². The third kappa shape index (κ3) is 388. The van der Waals surface area contributed by atoms with Gasteiger partial charge >= 0.3 is 35.3 Å². The van der Waals surface area contributed by atoms with Crippen LogP contribution in [0.25, 0.3) is 0 Å².